The summed E-state index contributed by atoms with van der Waals surface area (Å²) >= 11 is 6.46. The van der Waals surface area contributed by atoms with Gasteiger partial charge < -0.3 is 0 Å². The Morgan fingerprint density at radius 3 is 2.00 bits per heavy atom. The van der Waals surface area contributed by atoms with Crippen LogP contribution in [0.15, 0.2) is 54.6 Å². The fraction of sp³-hybridized carbons (Fsp3) is 0.419. The normalized spacial score (nSPS) is 33.8. The highest BCUT2D eigenvalue weighted by molar-refractivity contribution is 6.30. The predicted molar refractivity (Wildman–Crippen MR) is 132 cm³/mol. The third kappa shape index (κ3) is 1.95. The topological polar surface area (TPSA) is 0 Å². The monoisotopic (exact) mass is 436 g/mol. The van der Waals surface area contributed by atoms with Gasteiger partial charge in [0.2, 0.25) is 0 Å². The van der Waals surface area contributed by atoms with Gasteiger partial charge in [0, 0.05) is 15.9 Å². The molecular formula is C31H29Cl. The number of hydrogen-bond acceptors (Lipinski definition) is 0. The molecule has 160 valence electrons. The summed E-state index contributed by atoms with van der Waals surface area (Å²) in [6.07, 6.45) is 7.27. The van der Waals surface area contributed by atoms with Crippen molar-refractivity contribution < 1.29 is 0 Å². The van der Waals surface area contributed by atoms with Crippen LogP contribution in [0, 0.1) is 23.7 Å². The van der Waals surface area contributed by atoms with Gasteiger partial charge in [-0.3, -0.25) is 0 Å². The van der Waals surface area contributed by atoms with E-state index in [0.717, 1.165) is 28.7 Å². The predicted octanol–water partition coefficient (Wildman–Crippen LogP) is 8.37. The molecule has 6 aliphatic rings. The molecule has 0 aromatic heterocycles. The first-order chi connectivity index (χ1) is 15.5. The smallest absolute Gasteiger partial charge is 0.0409 e. The molecule has 1 spiro atoms. The SMILES string of the molecule is CC1(C)c2cc(Cl)ccc2-c2cc3c(cc21)C1(c2ccccc2-3)C2CC3CC(C2)CC1C3. The number of halogens is 1. The van der Waals surface area contributed by atoms with Crippen LogP contribution < -0.4 is 0 Å². The standard InChI is InChI=1S/C31H29Cl/c1-30(2)27-14-21(32)7-8-23(27)24-15-25-22-5-3-4-6-26(22)31(29(25)16-28(24)30)19-10-17-9-18(12-19)13-20(31)11-17/h3-8,14-20H,9-13H2,1-2H3. The molecule has 0 amide bonds. The second kappa shape index (κ2) is 5.71. The lowest BCUT2D eigenvalue weighted by Crippen LogP contribution is -2.55. The zero-order valence-electron chi connectivity index (χ0n) is 18.9. The average Bonchev–Trinajstić information content (AvgIpc) is 3.18. The third-order valence-corrected chi connectivity index (χ3v) is 10.5. The quantitative estimate of drug-likeness (QED) is 0.332. The van der Waals surface area contributed by atoms with Gasteiger partial charge in [-0.1, -0.05) is 61.8 Å². The van der Waals surface area contributed by atoms with Crippen LogP contribution in [0.5, 0.6) is 0 Å². The average molecular weight is 437 g/mol. The number of fused-ring (bicyclic) bond motifs is 6. The maximum absolute atomic E-state index is 6.46. The van der Waals surface area contributed by atoms with E-state index in [4.69, 9.17) is 11.6 Å². The van der Waals surface area contributed by atoms with Gasteiger partial charge in [-0.05, 0) is 118 Å². The molecule has 0 heterocycles. The van der Waals surface area contributed by atoms with Crippen molar-refractivity contribution in [3.05, 3.63) is 81.9 Å². The van der Waals surface area contributed by atoms with Gasteiger partial charge in [-0.15, -0.1) is 0 Å². The van der Waals surface area contributed by atoms with Gasteiger partial charge in [0.15, 0.2) is 0 Å². The Morgan fingerprint density at radius 1 is 0.625 bits per heavy atom. The van der Waals surface area contributed by atoms with Gasteiger partial charge in [0.1, 0.15) is 0 Å². The van der Waals surface area contributed by atoms with E-state index >= 15 is 0 Å². The van der Waals surface area contributed by atoms with Crippen molar-refractivity contribution in [1.82, 2.24) is 0 Å². The molecule has 9 rings (SSSR count). The van der Waals surface area contributed by atoms with Crippen molar-refractivity contribution in [1.29, 1.82) is 0 Å². The molecule has 0 saturated heterocycles. The maximum Gasteiger partial charge on any atom is 0.0409 e. The van der Waals surface area contributed by atoms with Crippen molar-refractivity contribution in [2.24, 2.45) is 23.7 Å². The van der Waals surface area contributed by atoms with E-state index in [-0.39, 0.29) is 10.8 Å². The van der Waals surface area contributed by atoms with Crippen LogP contribution in [0.25, 0.3) is 22.3 Å². The van der Waals surface area contributed by atoms with E-state index in [0.29, 0.717) is 0 Å². The van der Waals surface area contributed by atoms with E-state index in [2.05, 4.69) is 68.4 Å². The summed E-state index contributed by atoms with van der Waals surface area (Å²) in [5.41, 5.74) is 12.3. The summed E-state index contributed by atoms with van der Waals surface area (Å²) in [7, 11) is 0. The molecule has 0 nitrogen and oxygen atoms in total. The molecule has 3 aromatic carbocycles. The fourth-order valence-corrected chi connectivity index (χ4v) is 9.52. The summed E-state index contributed by atoms with van der Waals surface area (Å²) in [5, 5.41) is 0.847. The van der Waals surface area contributed by atoms with Crippen LogP contribution >= 0.6 is 11.6 Å². The number of rotatable bonds is 0. The van der Waals surface area contributed by atoms with Gasteiger partial charge in [0.05, 0.1) is 0 Å². The minimum atomic E-state index is -0.00746. The Balaban J connectivity index is 1.44. The van der Waals surface area contributed by atoms with Crippen LogP contribution in [0.2, 0.25) is 5.02 Å². The highest BCUT2D eigenvalue weighted by atomic mass is 35.5. The summed E-state index contributed by atoms with van der Waals surface area (Å²) in [4.78, 5) is 0. The molecule has 0 N–H and O–H groups in total. The van der Waals surface area contributed by atoms with Crippen LogP contribution in [0.3, 0.4) is 0 Å². The molecule has 0 atom stereocenters. The molecule has 32 heavy (non-hydrogen) atoms. The molecule has 0 aliphatic heterocycles. The number of hydrogen-bond donors (Lipinski definition) is 0. The molecule has 4 bridgehead atoms. The van der Waals surface area contributed by atoms with E-state index in [1.807, 2.05) is 0 Å². The molecule has 4 saturated carbocycles. The Labute approximate surface area is 196 Å². The van der Waals surface area contributed by atoms with Gasteiger partial charge in [-0.2, -0.15) is 0 Å². The van der Waals surface area contributed by atoms with Crippen LogP contribution in [-0.2, 0) is 10.8 Å². The zero-order chi connectivity index (χ0) is 21.4. The minimum Gasteiger partial charge on any atom is -0.0843 e. The van der Waals surface area contributed by atoms with Crippen LogP contribution in [0.4, 0.5) is 0 Å². The second-order valence-electron chi connectivity index (χ2n) is 12.0. The summed E-state index contributed by atoms with van der Waals surface area (Å²) in [6, 6.07) is 21.2. The third-order valence-electron chi connectivity index (χ3n) is 10.3. The molecule has 4 fully saturated rings. The molecular weight excluding hydrogens is 408 g/mol. The van der Waals surface area contributed by atoms with Gasteiger partial charge in [-0.25, -0.2) is 0 Å². The summed E-state index contributed by atoms with van der Waals surface area (Å²) in [6.45, 7) is 4.79. The second-order valence-corrected chi connectivity index (χ2v) is 12.4. The first-order valence-electron chi connectivity index (χ1n) is 12.6. The molecule has 0 unspecified atom stereocenters. The Hall–Kier alpha value is -2.05. The van der Waals surface area contributed by atoms with E-state index in [1.165, 1.54) is 65.5 Å². The lowest BCUT2D eigenvalue weighted by molar-refractivity contribution is -0.0399. The Kier molecular flexibility index (Phi) is 3.28. The van der Waals surface area contributed by atoms with Gasteiger partial charge >= 0.3 is 0 Å². The highest BCUT2D eigenvalue weighted by Crippen LogP contribution is 2.70. The summed E-state index contributed by atoms with van der Waals surface area (Å²) in [5.74, 6) is 3.61. The van der Waals surface area contributed by atoms with E-state index < -0.39 is 0 Å². The molecule has 0 radical (unpaired) electrons. The fourth-order valence-electron chi connectivity index (χ4n) is 9.35. The van der Waals surface area contributed by atoms with Crippen molar-refractivity contribution in [2.45, 2.75) is 56.8 Å². The number of benzene rings is 3. The lowest BCUT2D eigenvalue weighted by atomic mass is 9.43. The van der Waals surface area contributed by atoms with Crippen molar-refractivity contribution in [3.63, 3.8) is 0 Å². The molecule has 6 aliphatic carbocycles. The molecule has 1 heteroatoms. The summed E-state index contributed by atoms with van der Waals surface area (Å²) < 4.78 is 0. The highest BCUT2D eigenvalue weighted by Gasteiger charge is 2.61. The van der Waals surface area contributed by atoms with Crippen molar-refractivity contribution in [3.8, 4) is 22.3 Å². The first-order valence-corrected chi connectivity index (χ1v) is 12.9. The van der Waals surface area contributed by atoms with Gasteiger partial charge in [0.25, 0.3) is 0 Å². The van der Waals surface area contributed by atoms with E-state index in [9.17, 15) is 0 Å². The lowest BCUT2D eigenvalue weighted by Gasteiger charge is -2.61. The van der Waals surface area contributed by atoms with E-state index in [1.54, 1.807) is 11.1 Å². The maximum atomic E-state index is 6.46. The Bertz CT molecular complexity index is 1300. The molecule has 3 aromatic rings. The Morgan fingerprint density at radius 2 is 1.25 bits per heavy atom. The first kappa shape index (κ1) is 18.4. The van der Waals surface area contributed by atoms with Crippen LogP contribution in [0.1, 0.15) is 68.2 Å². The zero-order valence-corrected chi connectivity index (χ0v) is 19.7. The van der Waals surface area contributed by atoms with Crippen LogP contribution in [-0.4, -0.2) is 0 Å². The largest absolute Gasteiger partial charge is 0.0843 e. The van der Waals surface area contributed by atoms with Crippen molar-refractivity contribution >= 4 is 11.6 Å². The minimum absolute atomic E-state index is 0.00746. The van der Waals surface area contributed by atoms with Crippen molar-refractivity contribution in [2.75, 3.05) is 0 Å².